The van der Waals surface area contributed by atoms with Gasteiger partial charge in [0.15, 0.2) is 0 Å². The second kappa shape index (κ2) is 6.33. The monoisotopic (exact) mass is 340 g/mol. The average molecular weight is 341 g/mol. The van der Waals surface area contributed by atoms with Crippen LogP contribution in [0.4, 0.5) is 5.82 Å². The van der Waals surface area contributed by atoms with Gasteiger partial charge in [0.05, 0.1) is 17.6 Å². The number of benzene rings is 2. The first-order valence-corrected chi connectivity index (χ1v) is 8.28. The van der Waals surface area contributed by atoms with E-state index < -0.39 is 0 Å². The van der Waals surface area contributed by atoms with Crippen molar-refractivity contribution < 1.29 is 4.74 Å². The molecule has 0 amide bonds. The summed E-state index contributed by atoms with van der Waals surface area (Å²) >= 11 is 6.77. The van der Waals surface area contributed by atoms with E-state index in [1.54, 1.807) is 7.11 Å². The lowest BCUT2D eigenvalue weighted by atomic mass is 10.0. The maximum absolute atomic E-state index is 6.77. The lowest BCUT2D eigenvalue weighted by molar-refractivity contribution is 0.415. The number of halogens is 1. The predicted molar refractivity (Wildman–Crippen MR) is 102 cm³/mol. The van der Waals surface area contributed by atoms with Crippen LogP contribution in [0.2, 0.25) is 5.02 Å². The molecule has 24 heavy (non-hydrogen) atoms. The first-order chi connectivity index (χ1) is 11.4. The maximum Gasteiger partial charge on any atom is 0.136 e. The third-order valence-corrected chi connectivity index (χ3v) is 4.09. The lowest BCUT2D eigenvalue weighted by Crippen LogP contribution is -2.27. The van der Waals surface area contributed by atoms with Gasteiger partial charge in [-0.25, -0.2) is 4.98 Å². The van der Waals surface area contributed by atoms with E-state index in [4.69, 9.17) is 21.3 Å². The van der Waals surface area contributed by atoms with Crippen LogP contribution in [0.3, 0.4) is 0 Å². The van der Waals surface area contributed by atoms with E-state index in [0.29, 0.717) is 5.02 Å². The number of para-hydroxylation sites is 1. The minimum atomic E-state index is -0.125. The number of hydrogen-bond acceptors (Lipinski definition) is 3. The molecule has 0 fully saturated rings. The lowest BCUT2D eigenvalue weighted by Gasteiger charge is -2.24. The molecule has 0 radical (unpaired) electrons. The number of nitrogens with one attached hydrogen (secondary N) is 1. The van der Waals surface area contributed by atoms with Gasteiger partial charge in [0.25, 0.3) is 0 Å². The van der Waals surface area contributed by atoms with Gasteiger partial charge in [-0.15, -0.1) is 0 Å². The van der Waals surface area contributed by atoms with Crippen molar-refractivity contribution in [2.24, 2.45) is 0 Å². The van der Waals surface area contributed by atoms with E-state index in [1.165, 1.54) is 0 Å². The summed E-state index contributed by atoms with van der Waals surface area (Å²) in [4.78, 5) is 4.81. The number of ether oxygens (including phenoxy) is 1. The van der Waals surface area contributed by atoms with Crippen molar-refractivity contribution in [2.75, 3.05) is 12.4 Å². The average Bonchev–Trinajstić information content (AvgIpc) is 2.54. The Morgan fingerprint density at radius 2 is 1.67 bits per heavy atom. The summed E-state index contributed by atoms with van der Waals surface area (Å²) < 4.78 is 5.25. The van der Waals surface area contributed by atoms with Crippen molar-refractivity contribution in [3.63, 3.8) is 0 Å². The number of aromatic nitrogens is 1. The second-order valence-electron chi connectivity index (χ2n) is 6.77. The molecule has 0 aliphatic carbocycles. The van der Waals surface area contributed by atoms with E-state index >= 15 is 0 Å². The van der Waals surface area contributed by atoms with Crippen LogP contribution in [0.25, 0.3) is 22.0 Å². The highest BCUT2D eigenvalue weighted by Crippen LogP contribution is 2.39. The fourth-order valence-electron chi connectivity index (χ4n) is 2.64. The predicted octanol–water partition coefficient (Wildman–Crippen LogP) is 5.77. The fraction of sp³-hybridized carbons (Fsp3) is 0.250. The van der Waals surface area contributed by atoms with Crippen LogP contribution < -0.4 is 10.1 Å². The molecule has 0 unspecified atom stereocenters. The summed E-state index contributed by atoms with van der Waals surface area (Å²) in [6.45, 7) is 6.32. The molecule has 124 valence electrons. The van der Waals surface area contributed by atoms with Gasteiger partial charge >= 0.3 is 0 Å². The van der Waals surface area contributed by atoms with Crippen molar-refractivity contribution in [1.82, 2.24) is 4.98 Å². The summed E-state index contributed by atoms with van der Waals surface area (Å²) in [5.41, 5.74) is 2.67. The number of methoxy groups -OCH3 is 1. The maximum atomic E-state index is 6.77. The van der Waals surface area contributed by atoms with Crippen LogP contribution in [0.1, 0.15) is 20.8 Å². The van der Waals surface area contributed by atoms with Crippen LogP contribution >= 0.6 is 11.6 Å². The number of rotatable bonds is 3. The van der Waals surface area contributed by atoms with Gasteiger partial charge in [-0.1, -0.05) is 41.9 Å². The number of pyridine rings is 1. The van der Waals surface area contributed by atoms with Gasteiger partial charge < -0.3 is 10.1 Å². The SMILES string of the molecule is COc1ccc(-c2c(NC(C)(C)C)nc3ccccc3c2Cl)cc1. The van der Waals surface area contributed by atoms with Gasteiger partial charge in [0, 0.05) is 16.5 Å². The third kappa shape index (κ3) is 3.31. The van der Waals surface area contributed by atoms with E-state index in [9.17, 15) is 0 Å². The zero-order valence-corrected chi connectivity index (χ0v) is 15.1. The number of hydrogen-bond donors (Lipinski definition) is 1. The van der Waals surface area contributed by atoms with Crippen molar-refractivity contribution in [3.8, 4) is 16.9 Å². The van der Waals surface area contributed by atoms with Gasteiger partial charge in [0.1, 0.15) is 11.6 Å². The molecule has 0 saturated heterocycles. The Bertz CT molecular complexity index is 867. The molecule has 1 N–H and O–H groups in total. The molecule has 1 heterocycles. The summed E-state index contributed by atoms with van der Waals surface area (Å²) in [7, 11) is 1.66. The molecule has 0 bridgehead atoms. The molecule has 0 saturated carbocycles. The minimum absolute atomic E-state index is 0.125. The van der Waals surface area contributed by atoms with Crippen LogP contribution in [0.15, 0.2) is 48.5 Å². The Morgan fingerprint density at radius 1 is 1.00 bits per heavy atom. The molecule has 4 heteroatoms. The summed E-state index contributed by atoms with van der Waals surface area (Å²) in [5.74, 6) is 1.60. The zero-order valence-electron chi connectivity index (χ0n) is 14.4. The van der Waals surface area contributed by atoms with E-state index in [1.807, 2.05) is 48.5 Å². The number of fused-ring (bicyclic) bond motifs is 1. The molecule has 3 nitrogen and oxygen atoms in total. The van der Waals surface area contributed by atoms with Gasteiger partial charge in [0.2, 0.25) is 0 Å². The quantitative estimate of drug-likeness (QED) is 0.656. The fourth-order valence-corrected chi connectivity index (χ4v) is 3.00. The molecule has 2 aromatic carbocycles. The van der Waals surface area contributed by atoms with Crippen molar-refractivity contribution in [2.45, 2.75) is 26.3 Å². The Balaban J connectivity index is 2.25. The van der Waals surface area contributed by atoms with Crippen molar-refractivity contribution in [3.05, 3.63) is 53.6 Å². The number of anilines is 1. The van der Waals surface area contributed by atoms with Crippen LogP contribution in [-0.4, -0.2) is 17.6 Å². The minimum Gasteiger partial charge on any atom is -0.497 e. The van der Waals surface area contributed by atoms with Crippen molar-refractivity contribution >= 4 is 28.3 Å². The Kier molecular flexibility index (Phi) is 4.37. The Morgan fingerprint density at radius 3 is 2.29 bits per heavy atom. The largest absolute Gasteiger partial charge is 0.497 e. The molecular formula is C20H21ClN2O. The van der Waals surface area contributed by atoms with Crippen LogP contribution in [0, 0.1) is 0 Å². The molecule has 0 spiro atoms. The molecule has 1 aromatic heterocycles. The summed E-state index contributed by atoms with van der Waals surface area (Å²) in [6.07, 6.45) is 0. The standard InChI is InChI=1S/C20H21ClN2O/c1-20(2,3)23-19-17(13-9-11-14(24-4)12-10-13)18(21)15-7-5-6-8-16(15)22-19/h5-12H,1-4H3,(H,22,23). The van der Waals surface area contributed by atoms with Crippen molar-refractivity contribution in [1.29, 1.82) is 0 Å². The highest BCUT2D eigenvalue weighted by Gasteiger charge is 2.19. The van der Waals surface area contributed by atoms with E-state index in [0.717, 1.165) is 33.6 Å². The smallest absolute Gasteiger partial charge is 0.136 e. The number of nitrogens with zero attached hydrogens (tertiary/aromatic N) is 1. The van der Waals surface area contributed by atoms with Crippen LogP contribution in [-0.2, 0) is 0 Å². The first-order valence-electron chi connectivity index (χ1n) is 7.90. The van der Waals surface area contributed by atoms with E-state index in [-0.39, 0.29) is 5.54 Å². The van der Waals surface area contributed by atoms with Gasteiger partial charge in [-0.3, -0.25) is 0 Å². The Labute approximate surface area is 147 Å². The summed E-state index contributed by atoms with van der Waals surface area (Å²) in [6, 6.07) is 15.8. The molecule has 3 aromatic rings. The van der Waals surface area contributed by atoms with E-state index in [2.05, 4.69) is 26.1 Å². The Hall–Kier alpha value is -2.26. The first kappa shape index (κ1) is 16.6. The summed E-state index contributed by atoms with van der Waals surface area (Å²) in [5, 5.41) is 5.14. The van der Waals surface area contributed by atoms with Gasteiger partial charge in [-0.05, 0) is 44.5 Å². The highest BCUT2D eigenvalue weighted by molar-refractivity contribution is 6.38. The normalized spacial score (nSPS) is 11.5. The molecule has 0 aliphatic rings. The highest BCUT2D eigenvalue weighted by atomic mass is 35.5. The zero-order chi connectivity index (χ0) is 17.3. The topological polar surface area (TPSA) is 34.1 Å². The van der Waals surface area contributed by atoms with Crippen LogP contribution in [0.5, 0.6) is 5.75 Å². The third-order valence-electron chi connectivity index (χ3n) is 3.70. The molecule has 3 rings (SSSR count). The molecular weight excluding hydrogens is 320 g/mol. The van der Waals surface area contributed by atoms with Gasteiger partial charge in [-0.2, -0.15) is 0 Å². The molecule has 0 atom stereocenters. The molecule has 0 aliphatic heterocycles. The second-order valence-corrected chi connectivity index (χ2v) is 7.15.